The first-order valence-corrected chi connectivity index (χ1v) is 6.11. The molecule has 0 spiro atoms. The molecular formula is C14H21NO2. The summed E-state index contributed by atoms with van der Waals surface area (Å²) in [7, 11) is 3.75. The Morgan fingerprint density at radius 3 is 2.88 bits per heavy atom. The molecule has 2 atom stereocenters. The van der Waals surface area contributed by atoms with Gasteiger partial charge in [-0.2, -0.15) is 0 Å². The molecule has 1 aliphatic rings. The molecule has 0 aliphatic carbocycles. The van der Waals surface area contributed by atoms with Gasteiger partial charge in [0.15, 0.2) is 0 Å². The molecule has 1 saturated heterocycles. The van der Waals surface area contributed by atoms with Crippen molar-refractivity contribution in [2.75, 3.05) is 27.2 Å². The van der Waals surface area contributed by atoms with Gasteiger partial charge in [0.1, 0.15) is 5.75 Å². The van der Waals surface area contributed by atoms with E-state index in [0.717, 1.165) is 30.8 Å². The molecule has 1 heterocycles. The number of nitrogens with zero attached hydrogens (tertiary/aromatic N) is 1. The summed E-state index contributed by atoms with van der Waals surface area (Å²) in [6, 6.07) is 7.79. The Bertz CT molecular complexity index is 394. The van der Waals surface area contributed by atoms with Crippen LogP contribution in [0.15, 0.2) is 24.3 Å². The third-order valence-corrected chi connectivity index (χ3v) is 3.85. The molecule has 94 valence electrons. The molecule has 1 aliphatic heterocycles. The lowest BCUT2D eigenvalue weighted by Gasteiger charge is -2.42. The minimum atomic E-state index is -0.721. The Morgan fingerprint density at radius 1 is 1.47 bits per heavy atom. The SMILES string of the molecule is COc1cccc([C@@]2(O)CCN(C)C[C@H]2C)c1. The highest BCUT2D eigenvalue weighted by molar-refractivity contribution is 5.33. The molecule has 2 rings (SSSR count). The molecule has 0 radical (unpaired) electrons. The van der Waals surface area contributed by atoms with Gasteiger partial charge in [0.2, 0.25) is 0 Å². The van der Waals surface area contributed by atoms with Crippen LogP contribution in [0.3, 0.4) is 0 Å². The van der Waals surface area contributed by atoms with Crippen molar-refractivity contribution >= 4 is 0 Å². The number of piperidine rings is 1. The van der Waals surface area contributed by atoms with Crippen LogP contribution in [-0.2, 0) is 5.60 Å². The van der Waals surface area contributed by atoms with Crippen molar-refractivity contribution in [3.05, 3.63) is 29.8 Å². The predicted molar refractivity (Wildman–Crippen MR) is 68.2 cm³/mol. The lowest BCUT2D eigenvalue weighted by atomic mass is 9.77. The zero-order valence-corrected chi connectivity index (χ0v) is 10.8. The van der Waals surface area contributed by atoms with E-state index < -0.39 is 5.60 Å². The molecule has 0 bridgehead atoms. The number of ether oxygens (including phenoxy) is 1. The highest BCUT2D eigenvalue weighted by atomic mass is 16.5. The Labute approximate surface area is 103 Å². The highest BCUT2D eigenvalue weighted by Gasteiger charge is 2.39. The summed E-state index contributed by atoms with van der Waals surface area (Å²) < 4.78 is 5.23. The van der Waals surface area contributed by atoms with E-state index in [0.29, 0.717) is 0 Å². The van der Waals surface area contributed by atoms with Crippen molar-refractivity contribution in [1.29, 1.82) is 0 Å². The smallest absolute Gasteiger partial charge is 0.119 e. The minimum absolute atomic E-state index is 0.230. The maximum absolute atomic E-state index is 10.9. The van der Waals surface area contributed by atoms with Gasteiger partial charge in [0.05, 0.1) is 12.7 Å². The molecule has 1 aromatic carbocycles. The number of rotatable bonds is 2. The van der Waals surface area contributed by atoms with Crippen molar-refractivity contribution in [3.63, 3.8) is 0 Å². The molecular weight excluding hydrogens is 214 g/mol. The van der Waals surface area contributed by atoms with Crippen LogP contribution in [0.25, 0.3) is 0 Å². The molecule has 0 unspecified atom stereocenters. The average molecular weight is 235 g/mol. The van der Waals surface area contributed by atoms with Crippen LogP contribution in [0.4, 0.5) is 0 Å². The van der Waals surface area contributed by atoms with Crippen LogP contribution in [0.2, 0.25) is 0 Å². The molecule has 0 saturated carbocycles. The second-order valence-corrected chi connectivity index (χ2v) is 5.07. The van der Waals surface area contributed by atoms with Gasteiger partial charge < -0.3 is 14.7 Å². The molecule has 1 aromatic rings. The Morgan fingerprint density at radius 2 is 2.24 bits per heavy atom. The number of hydrogen-bond donors (Lipinski definition) is 1. The van der Waals surface area contributed by atoms with Gasteiger partial charge >= 0.3 is 0 Å². The lowest BCUT2D eigenvalue weighted by Crippen LogP contribution is -2.47. The van der Waals surface area contributed by atoms with E-state index in [4.69, 9.17) is 4.74 Å². The van der Waals surface area contributed by atoms with Gasteiger partial charge in [0.25, 0.3) is 0 Å². The Kier molecular flexibility index (Phi) is 3.40. The first-order chi connectivity index (χ1) is 8.06. The predicted octanol–water partition coefficient (Wildman–Crippen LogP) is 1.85. The van der Waals surface area contributed by atoms with Crippen LogP contribution in [0.1, 0.15) is 18.9 Å². The fourth-order valence-corrected chi connectivity index (χ4v) is 2.64. The maximum Gasteiger partial charge on any atom is 0.119 e. The van der Waals surface area contributed by atoms with E-state index in [2.05, 4.69) is 18.9 Å². The second-order valence-electron chi connectivity index (χ2n) is 5.07. The van der Waals surface area contributed by atoms with E-state index in [1.165, 1.54) is 0 Å². The summed E-state index contributed by atoms with van der Waals surface area (Å²) in [5.74, 6) is 1.04. The van der Waals surface area contributed by atoms with Gasteiger partial charge in [-0.25, -0.2) is 0 Å². The van der Waals surface area contributed by atoms with Crippen LogP contribution < -0.4 is 4.74 Å². The van der Waals surface area contributed by atoms with Gasteiger partial charge in [-0.15, -0.1) is 0 Å². The summed E-state index contributed by atoms with van der Waals surface area (Å²) in [6.45, 7) is 3.96. The second kappa shape index (κ2) is 4.67. The van der Waals surface area contributed by atoms with Crippen LogP contribution in [0, 0.1) is 5.92 Å². The van der Waals surface area contributed by atoms with Crippen LogP contribution in [0.5, 0.6) is 5.75 Å². The van der Waals surface area contributed by atoms with E-state index in [1.54, 1.807) is 7.11 Å². The normalized spacial score (nSPS) is 30.2. The van der Waals surface area contributed by atoms with Gasteiger partial charge in [0, 0.05) is 19.0 Å². The number of hydrogen-bond acceptors (Lipinski definition) is 3. The summed E-state index contributed by atoms with van der Waals surface area (Å²) in [5.41, 5.74) is 0.249. The van der Waals surface area contributed by atoms with Crippen molar-refractivity contribution < 1.29 is 9.84 Å². The van der Waals surface area contributed by atoms with Crippen molar-refractivity contribution in [3.8, 4) is 5.75 Å². The standard InChI is InChI=1S/C14H21NO2/c1-11-10-15(2)8-7-14(11,16)12-5-4-6-13(9-12)17-3/h4-6,9,11,16H,7-8,10H2,1-3H3/t11-,14-/m1/s1. The molecule has 1 N–H and O–H groups in total. The summed E-state index contributed by atoms with van der Waals surface area (Å²) in [4.78, 5) is 2.26. The quantitative estimate of drug-likeness (QED) is 0.849. The Balaban J connectivity index is 2.30. The number of benzene rings is 1. The zero-order chi connectivity index (χ0) is 12.5. The number of methoxy groups -OCH3 is 1. The number of aliphatic hydroxyl groups is 1. The topological polar surface area (TPSA) is 32.7 Å². The van der Waals surface area contributed by atoms with E-state index in [1.807, 2.05) is 24.3 Å². The fraction of sp³-hybridized carbons (Fsp3) is 0.571. The molecule has 3 heteroatoms. The minimum Gasteiger partial charge on any atom is -0.497 e. The molecule has 0 amide bonds. The van der Waals surface area contributed by atoms with Crippen LogP contribution >= 0.6 is 0 Å². The molecule has 3 nitrogen and oxygen atoms in total. The third-order valence-electron chi connectivity index (χ3n) is 3.85. The zero-order valence-electron chi connectivity index (χ0n) is 10.8. The third kappa shape index (κ3) is 2.31. The van der Waals surface area contributed by atoms with E-state index >= 15 is 0 Å². The largest absolute Gasteiger partial charge is 0.497 e. The highest BCUT2D eigenvalue weighted by Crippen LogP contribution is 2.37. The molecule has 0 aromatic heterocycles. The molecule has 17 heavy (non-hydrogen) atoms. The van der Waals surface area contributed by atoms with Crippen LogP contribution in [-0.4, -0.2) is 37.3 Å². The summed E-state index contributed by atoms with van der Waals surface area (Å²) in [6.07, 6.45) is 0.776. The van der Waals surface area contributed by atoms with Crippen molar-refractivity contribution in [1.82, 2.24) is 4.90 Å². The van der Waals surface area contributed by atoms with Crippen molar-refractivity contribution in [2.45, 2.75) is 18.9 Å². The number of likely N-dealkylation sites (tertiary alicyclic amines) is 1. The van der Waals surface area contributed by atoms with Gasteiger partial charge in [-0.1, -0.05) is 19.1 Å². The first-order valence-electron chi connectivity index (χ1n) is 6.11. The average Bonchev–Trinajstić information content (AvgIpc) is 2.34. The van der Waals surface area contributed by atoms with Gasteiger partial charge in [-0.3, -0.25) is 0 Å². The van der Waals surface area contributed by atoms with Crippen molar-refractivity contribution in [2.24, 2.45) is 5.92 Å². The van der Waals surface area contributed by atoms with E-state index in [-0.39, 0.29) is 5.92 Å². The maximum atomic E-state index is 10.9. The Hall–Kier alpha value is -1.06. The molecule has 1 fully saturated rings. The monoisotopic (exact) mass is 235 g/mol. The lowest BCUT2D eigenvalue weighted by molar-refractivity contribution is -0.0660. The summed E-state index contributed by atoms with van der Waals surface area (Å²) >= 11 is 0. The summed E-state index contributed by atoms with van der Waals surface area (Å²) in [5, 5.41) is 10.9. The fourth-order valence-electron chi connectivity index (χ4n) is 2.64. The van der Waals surface area contributed by atoms with E-state index in [9.17, 15) is 5.11 Å². The van der Waals surface area contributed by atoms with Gasteiger partial charge in [-0.05, 0) is 31.2 Å². The first kappa shape index (κ1) is 12.4.